The highest BCUT2D eigenvalue weighted by molar-refractivity contribution is 9.10. The Bertz CT molecular complexity index is 1650. The van der Waals surface area contributed by atoms with Gasteiger partial charge in [-0.3, -0.25) is 14.4 Å². The number of nitrogens with one attached hydrogen (secondary N) is 2. The van der Waals surface area contributed by atoms with Gasteiger partial charge in [-0.15, -0.1) is 0 Å². The Morgan fingerprint density at radius 3 is 2.08 bits per heavy atom. The molecule has 258 valence electrons. The number of Topliss-reactive ketones (excluding diaryl/α,β-unsaturated/α-hetero) is 1. The summed E-state index contributed by atoms with van der Waals surface area (Å²) < 4.78 is 12.8. The highest BCUT2D eigenvalue weighted by Crippen LogP contribution is 2.49. The number of ketones is 1. The Balaban J connectivity index is 1.84. The minimum atomic E-state index is -1.76. The normalized spacial score (nSPS) is 20.7. The number of halogens is 1. The standard InChI is InChI=1S/C39H49BrN2O6/c1-8-10-11-12-19-48-36-28(40)20-27(21-32(36)47-9-2)33-34(37(44)41-29-17-13-15-23(3)25(29)5)31(43)22-39(7,46)35(33)38(45)42-30-18-14-16-24(4)26(30)6/h13-18,20-21,33-35,46H,8-12,19,22H2,1-7H3,(H,41,44)(H,42,45). The SMILES string of the molecule is CCCCCCOc1c(Br)cc(C2C(C(=O)Nc3cccc(C)c3C)C(=O)CC(C)(O)C2C(=O)Nc2cccc(C)c2C)cc1OCC. The van der Waals surface area contributed by atoms with Crippen molar-refractivity contribution in [1.29, 1.82) is 0 Å². The molecule has 3 N–H and O–H groups in total. The minimum absolute atomic E-state index is 0.344. The maximum Gasteiger partial charge on any atom is 0.235 e. The van der Waals surface area contributed by atoms with E-state index in [0.29, 0.717) is 46.1 Å². The lowest BCUT2D eigenvalue weighted by Gasteiger charge is -2.44. The predicted molar refractivity (Wildman–Crippen MR) is 194 cm³/mol. The van der Waals surface area contributed by atoms with Crippen LogP contribution in [0.3, 0.4) is 0 Å². The van der Waals surface area contributed by atoms with Gasteiger partial charge in [-0.25, -0.2) is 0 Å². The van der Waals surface area contributed by atoms with E-state index in [1.807, 2.05) is 58.9 Å². The lowest BCUT2D eigenvalue weighted by atomic mass is 9.61. The van der Waals surface area contributed by atoms with Gasteiger partial charge in [-0.2, -0.15) is 0 Å². The average molecular weight is 722 g/mol. The second-order valence-corrected chi connectivity index (χ2v) is 14.0. The number of amides is 2. The van der Waals surface area contributed by atoms with Gasteiger partial charge in [0.2, 0.25) is 11.8 Å². The summed E-state index contributed by atoms with van der Waals surface area (Å²) in [4.78, 5) is 42.6. The Morgan fingerprint density at radius 1 is 0.896 bits per heavy atom. The van der Waals surface area contributed by atoms with E-state index < -0.39 is 41.0 Å². The highest BCUT2D eigenvalue weighted by atomic mass is 79.9. The maximum absolute atomic E-state index is 14.4. The molecule has 0 heterocycles. The molecule has 0 aliphatic heterocycles. The largest absolute Gasteiger partial charge is 0.490 e. The first-order valence-electron chi connectivity index (χ1n) is 16.9. The molecule has 2 amide bonds. The van der Waals surface area contributed by atoms with Crippen molar-refractivity contribution in [2.45, 2.75) is 92.1 Å². The molecule has 9 heteroatoms. The molecule has 1 fully saturated rings. The fourth-order valence-electron chi connectivity index (χ4n) is 6.57. The molecule has 3 aromatic carbocycles. The number of hydrogen-bond donors (Lipinski definition) is 3. The Hall–Kier alpha value is -3.69. The minimum Gasteiger partial charge on any atom is -0.490 e. The van der Waals surface area contributed by atoms with E-state index in [1.165, 1.54) is 6.92 Å². The first-order chi connectivity index (χ1) is 22.8. The van der Waals surface area contributed by atoms with Crippen LogP contribution in [0.5, 0.6) is 11.5 Å². The van der Waals surface area contributed by atoms with Crippen LogP contribution in [-0.2, 0) is 14.4 Å². The monoisotopic (exact) mass is 720 g/mol. The van der Waals surface area contributed by atoms with E-state index in [4.69, 9.17) is 9.47 Å². The van der Waals surface area contributed by atoms with E-state index >= 15 is 0 Å². The number of anilines is 2. The van der Waals surface area contributed by atoms with Crippen molar-refractivity contribution in [3.63, 3.8) is 0 Å². The third-order valence-electron chi connectivity index (χ3n) is 9.52. The molecule has 48 heavy (non-hydrogen) atoms. The second kappa shape index (κ2) is 16.1. The van der Waals surface area contributed by atoms with E-state index in [2.05, 4.69) is 33.5 Å². The summed E-state index contributed by atoms with van der Waals surface area (Å²) in [7, 11) is 0. The Morgan fingerprint density at radius 2 is 1.50 bits per heavy atom. The summed E-state index contributed by atoms with van der Waals surface area (Å²) in [5, 5.41) is 17.9. The van der Waals surface area contributed by atoms with Gasteiger partial charge in [-0.05, 0) is 116 Å². The molecule has 0 saturated heterocycles. The topological polar surface area (TPSA) is 114 Å². The predicted octanol–water partition coefficient (Wildman–Crippen LogP) is 8.36. The molecule has 1 saturated carbocycles. The summed E-state index contributed by atoms with van der Waals surface area (Å²) >= 11 is 3.66. The average Bonchev–Trinajstić information content (AvgIpc) is 3.01. The van der Waals surface area contributed by atoms with Crippen LogP contribution in [0.1, 0.15) is 86.6 Å². The molecule has 0 aromatic heterocycles. The summed E-state index contributed by atoms with van der Waals surface area (Å²) in [6, 6.07) is 14.7. The number of benzene rings is 3. The van der Waals surface area contributed by atoms with Gasteiger partial charge in [0.25, 0.3) is 0 Å². The van der Waals surface area contributed by atoms with Gasteiger partial charge in [0.15, 0.2) is 11.5 Å². The second-order valence-electron chi connectivity index (χ2n) is 13.1. The van der Waals surface area contributed by atoms with Gasteiger partial charge in [0.1, 0.15) is 11.7 Å². The van der Waals surface area contributed by atoms with Gasteiger partial charge in [-0.1, -0.05) is 50.5 Å². The van der Waals surface area contributed by atoms with Crippen molar-refractivity contribution in [1.82, 2.24) is 0 Å². The lowest BCUT2D eigenvalue weighted by Crippen LogP contribution is -2.56. The molecule has 0 spiro atoms. The third kappa shape index (κ3) is 8.29. The highest BCUT2D eigenvalue weighted by Gasteiger charge is 2.56. The molecule has 4 rings (SSSR count). The smallest absolute Gasteiger partial charge is 0.235 e. The fraction of sp³-hybridized carbons (Fsp3) is 0.462. The van der Waals surface area contributed by atoms with Crippen LogP contribution in [0.2, 0.25) is 0 Å². The lowest BCUT2D eigenvalue weighted by molar-refractivity contribution is -0.150. The first-order valence-corrected chi connectivity index (χ1v) is 17.7. The number of carbonyl (C=O) groups is 3. The molecule has 4 atom stereocenters. The number of hydrogen-bond acceptors (Lipinski definition) is 6. The van der Waals surface area contributed by atoms with Gasteiger partial charge < -0.3 is 25.2 Å². The molecule has 1 aliphatic rings. The summed E-state index contributed by atoms with van der Waals surface area (Å²) in [6.45, 7) is 14.1. The number of aliphatic hydroxyl groups is 1. The molecule has 0 radical (unpaired) electrons. The van der Waals surface area contributed by atoms with E-state index in [-0.39, 0.29) is 6.42 Å². The number of aryl methyl sites for hydroxylation is 2. The van der Waals surface area contributed by atoms with Crippen LogP contribution in [-0.4, -0.2) is 41.5 Å². The maximum atomic E-state index is 14.4. The van der Waals surface area contributed by atoms with E-state index in [9.17, 15) is 19.5 Å². The summed E-state index contributed by atoms with van der Waals surface area (Å²) in [5.74, 6) is -4.02. The van der Waals surface area contributed by atoms with Gasteiger partial charge in [0, 0.05) is 23.7 Å². The van der Waals surface area contributed by atoms with Crippen LogP contribution in [0.25, 0.3) is 0 Å². The fourth-order valence-corrected chi connectivity index (χ4v) is 7.15. The van der Waals surface area contributed by atoms with E-state index in [1.54, 1.807) is 24.3 Å². The van der Waals surface area contributed by atoms with Gasteiger partial charge in [0.05, 0.1) is 29.2 Å². The number of rotatable bonds is 13. The van der Waals surface area contributed by atoms with Crippen molar-refractivity contribution in [3.05, 3.63) is 80.8 Å². The zero-order chi connectivity index (χ0) is 35.2. The van der Waals surface area contributed by atoms with Crippen LogP contribution < -0.4 is 20.1 Å². The van der Waals surface area contributed by atoms with Gasteiger partial charge >= 0.3 is 0 Å². The third-order valence-corrected chi connectivity index (χ3v) is 10.1. The zero-order valence-electron chi connectivity index (χ0n) is 29.2. The molecule has 4 unspecified atom stereocenters. The van der Waals surface area contributed by atoms with Crippen molar-refractivity contribution in [3.8, 4) is 11.5 Å². The summed E-state index contributed by atoms with van der Waals surface area (Å²) in [5.41, 5.74) is 3.68. The zero-order valence-corrected chi connectivity index (χ0v) is 30.8. The molecule has 8 nitrogen and oxygen atoms in total. The molecule has 3 aromatic rings. The van der Waals surface area contributed by atoms with Crippen LogP contribution in [0, 0.1) is 39.5 Å². The number of carbonyl (C=O) groups excluding carboxylic acids is 3. The Kier molecular flexibility index (Phi) is 12.5. The van der Waals surface area contributed by atoms with Crippen molar-refractivity contribution < 1.29 is 29.0 Å². The molecule has 1 aliphatic carbocycles. The quantitative estimate of drug-likeness (QED) is 0.121. The van der Waals surface area contributed by atoms with Crippen LogP contribution in [0.4, 0.5) is 11.4 Å². The summed E-state index contributed by atoms with van der Waals surface area (Å²) in [6.07, 6.45) is 3.80. The Labute approximate surface area is 293 Å². The van der Waals surface area contributed by atoms with Crippen LogP contribution in [0.15, 0.2) is 53.0 Å². The number of unbranched alkanes of at least 4 members (excludes halogenated alkanes) is 3. The van der Waals surface area contributed by atoms with Crippen LogP contribution >= 0.6 is 15.9 Å². The van der Waals surface area contributed by atoms with E-state index in [0.717, 1.165) is 47.9 Å². The molecule has 0 bridgehead atoms. The van der Waals surface area contributed by atoms with Crippen molar-refractivity contribution in [2.75, 3.05) is 23.8 Å². The number of ether oxygens (including phenoxy) is 2. The van der Waals surface area contributed by atoms with Crippen molar-refractivity contribution >= 4 is 44.9 Å². The molecular weight excluding hydrogens is 672 g/mol. The van der Waals surface area contributed by atoms with Crippen molar-refractivity contribution in [2.24, 2.45) is 11.8 Å². The first kappa shape index (κ1) is 37.1. The molecular formula is C39H49BrN2O6.